The van der Waals surface area contributed by atoms with Crippen LogP contribution in [-0.4, -0.2) is 41.8 Å². The molecule has 0 fully saturated rings. The fraction of sp³-hybridized carbons (Fsp3) is 0.143. The van der Waals surface area contributed by atoms with Gasteiger partial charge in [-0.1, -0.05) is 6.92 Å². The third-order valence-electron chi connectivity index (χ3n) is 6.26. The van der Waals surface area contributed by atoms with Crippen LogP contribution in [0, 0.1) is 0 Å². The van der Waals surface area contributed by atoms with Crippen molar-refractivity contribution in [3.63, 3.8) is 0 Å². The molecule has 0 aliphatic carbocycles. The third kappa shape index (κ3) is 4.35. The van der Waals surface area contributed by atoms with Crippen LogP contribution in [0.3, 0.4) is 0 Å². The lowest BCUT2D eigenvalue weighted by Crippen LogP contribution is -2.10. The molecule has 6 aromatic heterocycles. The van der Waals surface area contributed by atoms with E-state index in [0.29, 0.717) is 17.8 Å². The Hall–Kier alpha value is -4.70. The number of thiophene rings is 1. The van der Waals surface area contributed by atoms with Gasteiger partial charge >= 0.3 is 0 Å². The molecule has 1 amide bonds. The molecule has 0 spiro atoms. The van der Waals surface area contributed by atoms with Gasteiger partial charge in [-0.3, -0.25) is 29.6 Å². The van der Waals surface area contributed by atoms with E-state index < -0.39 is 0 Å². The molecule has 6 heterocycles. The lowest BCUT2D eigenvalue weighted by Gasteiger charge is -2.06. The van der Waals surface area contributed by atoms with E-state index >= 15 is 0 Å². The zero-order valence-corrected chi connectivity index (χ0v) is 21.5. The maximum absolute atomic E-state index is 12.0. The lowest BCUT2D eigenvalue weighted by atomic mass is 10.1. The molecule has 6 rings (SSSR count). The molecule has 9 nitrogen and oxygen atoms in total. The first kappa shape index (κ1) is 23.7. The summed E-state index contributed by atoms with van der Waals surface area (Å²) in [5, 5.41) is 12.4. The molecule has 0 aliphatic heterocycles. The van der Waals surface area contributed by atoms with Crippen LogP contribution in [0.4, 0.5) is 5.69 Å². The van der Waals surface area contributed by atoms with Gasteiger partial charge in [0.15, 0.2) is 5.78 Å². The summed E-state index contributed by atoms with van der Waals surface area (Å²) in [5.41, 5.74) is 6.35. The number of nitrogens with zero attached hydrogens (tertiary/aromatic N) is 4. The molecule has 188 valence electrons. The molecule has 0 radical (unpaired) electrons. The van der Waals surface area contributed by atoms with Crippen LogP contribution >= 0.6 is 11.3 Å². The molecular weight excluding hydrogens is 498 g/mol. The van der Waals surface area contributed by atoms with Crippen LogP contribution < -0.4 is 5.32 Å². The van der Waals surface area contributed by atoms with Crippen LogP contribution in [0.1, 0.15) is 36.4 Å². The second-order valence-corrected chi connectivity index (χ2v) is 10.1. The van der Waals surface area contributed by atoms with Crippen LogP contribution in [0.15, 0.2) is 61.3 Å². The highest BCUT2D eigenvalue weighted by molar-refractivity contribution is 7.17. The first-order chi connectivity index (χ1) is 18.5. The van der Waals surface area contributed by atoms with Crippen molar-refractivity contribution in [1.29, 1.82) is 0 Å². The number of nitrogens with one attached hydrogen (secondary N) is 3. The number of rotatable bonds is 7. The number of aromatic nitrogens is 6. The van der Waals surface area contributed by atoms with Crippen LogP contribution in [-0.2, 0) is 4.79 Å². The van der Waals surface area contributed by atoms with Crippen LogP contribution in [0.25, 0.3) is 54.9 Å². The molecule has 0 saturated carbocycles. The molecule has 6 aromatic rings. The second kappa shape index (κ2) is 9.64. The van der Waals surface area contributed by atoms with Gasteiger partial charge in [0.05, 0.1) is 51.6 Å². The van der Waals surface area contributed by atoms with Gasteiger partial charge in [-0.2, -0.15) is 5.10 Å². The Kier molecular flexibility index (Phi) is 6.01. The van der Waals surface area contributed by atoms with Crippen molar-refractivity contribution in [3.05, 3.63) is 66.2 Å². The molecule has 0 bridgehead atoms. The first-order valence-corrected chi connectivity index (χ1v) is 13.0. The van der Waals surface area contributed by atoms with E-state index in [-0.39, 0.29) is 11.7 Å². The van der Waals surface area contributed by atoms with Crippen LogP contribution in [0.5, 0.6) is 0 Å². The minimum atomic E-state index is -0.0419. The number of pyridine rings is 3. The predicted molar refractivity (Wildman–Crippen MR) is 149 cm³/mol. The molecule has 3 N–H and O–H groups in total. The smallest absolute Gasteiger partial charge is 0.224 e. The van der Waals surface area contributed by atoms with Crippen LogP contribution in [0.2, 0.25) is 0 Å². The monoisotopic (exact) mass is 521 g/mol. The van der Waals surface area contributed by atoms with Gasteiger partial charge in [-0.15, -0.1) is 11.3 Å². The summed E-state index contributed by atoms with van der Waals surface area (Å²) in [6.45, 7) is 3.54. The highest BCUT2D eigenvalue weighted by atomic mass is 32.1. The maximum atomic E-state index is 12.0. The van der Waals surface area contributed by atoms with Gasteiger partial charge in [0.25, 0.3) is 0 Å². The molecule has 10 heteroatoms. The third-order valence-corrected chi connectivity index (χ3v) is 7.48. The number of hydrogen-bond acceptors (Lipinski definition) is 7. The quantitative estimate of drug-likeness (QED) is 0.214. The van der Waals surface area contributed by atoms with E-state index in [1.54, 1.807) is 31.7 Å². The predicted octanol–water partition coefficient (Wildman–Crippen LogP) is 6.23. The van der Waals surface area contributed by atoms with Gasteiger partial charge in [0.2, 0.25) is 5.91 Å². The maximum Gasteiger partial charge on any atom is 0.224 e. The van der Waals surface area contributed by atoms with Gasteiger partial charge < -0.3 is 10.3 Å². The Morgan fingerprint density at radius 3 is 2.66 bits per heavy atom. The first-order valence-electron chi connectivity index (χ1n) is 12.2. The van der Waals surface area contributed by atoms with E-state index in [9.17, 15) is 9.59 Å². The largest absolute Gasteiger partial charge is 0.352 e. The van der Waals surface area contributed by atoms with Crippen molar-refractivity contribution in [1.82, 2.24) is 30.1 Å². The van der Waals surface area contributed by atoms with Gasteiger partial charge in [0, 0.05) is 45.6 Å². The average Bonchev–Trinajstić information content (AvgIpc) is 3.66. The van der Waals surface area contributed by atoms with E-state index in [1.807, 2.05) is 37.4 Å². The minimum Gasteiger partial charge on any atom is -0.352 e. The highest BCUT2D eigenvalue weighted by Gasteiger charge is 2.16. The molecule has 0 atom stereocenters. The Bertz CT molecular complexity index is 1830. The number of aromatic amines is 2. The summed E-state index contributed by atoms with van der Waals surface area (Å²) >= 11 is 1.46. The van der Waals surface area contributed by atoms with Gasteiger partial charge in [-0.25, -0.2) is 0 Å². The van der Waals surface area contributed by atoms with Gasteiger partial charge in [-0.05, 0) is 43.7 Å². The summed E-state index contributed by atoms with van der Waals surface area (Å²) in [4.78, 5) is 42.3. The molecule has 0 aromatic carbocycles. The summed E-state index contributed by atoms with van der Waals surface area (Å²) < 4.78 is 0. The van der Waals surface area contributed by atoms with E-state index in [2.05, 4.69) is 41.5 Å². The van der Waals surface area contributed by atoms with E-state index in [1.165, 1.54) is 11.3 Å². The SMILES string of the molecule is CCCC(=O)Nc1cncc(-c2cc3c(-c4cc5c(-c6ccc(C(C)=O)s6)cncc5[nH]4)n[nH]c3cn2)c1. The summed E-state index contributed by atoms with van der Waals surface area (Å²) in [5.74, 6) is 0.00680. The summed E-state index contributed by atoms with van der Waals surface area (Å²) in [7, 11) is 0. The summed E-state index contributed by atoms with van der Waals surface area (Å²) in [6, 6.07) is 9.70. The molecule has 0 aliphatic rings. The topological polar surface area (TPSA) is 129 Å². The molecule has 0 saturated heterocycles. The average molecular weight is 522 g/mol. The number of ketones is 1. The van der Waals surface area contributed by atoms with Crippen molar-refractivity contribution < 1.29 is 9.59 Å². The Labute approximate surface area is 221 Å². The van der Waals surface area contributed by atoms with Gasteiger partial charge in [0.1, 0.15) is 5.69 Å². The second-order valence-electron chi connectivity index (χ2n) is 9.00. The normalized spacial score (nSPS) is 11.3. The van der Waals surface area contributed by atoms with Crippen molar-refractivity contribution >= 4 is 50.5 Å². The lowest BCUT2D eigenvalue weighted by molar-refractivity contribution is -0.116. The van der Waals surface area contributed by atoms with Crippen molar-refractivity contribution in [2.45, 2.75) is 26.7 Å². The van der Waals surface area contributed by atoms with E-state index in [0.717, 1.165) is 60.5 Å². The number of Topliss-reactive ketones (excluding diaryl/α,β-unsaturated/α-hetero) is 1. The number of hydrogen-bond donors (Lipinski definition) is 3. The number of fused-ring (bicyclic) bond motifs is 2. The number of H-pyrrole nitrogens is 2. The zero-order chi connectivity index (χ0) is 26.2. The number of amides is 1. The molecule has 0 unspecified atom stereocenters. The van der Waals surface area contributed by atoms with Crippen molar-refractivity contribution in [3.8, 4) is 33.1 Å². The fourth-order valence-corrected chi connectivity index (χ4v) is 5.35. The number of carbonyl (C=O) groups is 2. The fourth-order valence-electron chi connectivity index (χ4n) is 4.43. The zero-order valence-electron chi connectivity index (χ0n) is 20.7. The van der Waals surface area contributed by atoms with Crippen molar-refractivity contribution in [2.24, 2.45) is 0 Å². The van der Waals surface area contributed by atoms with Crippen molar-refractivity contribution in [2.75, 3.05) is 5.32 Å². The molecular formula is C28H23N7O2S. The highest BCUT2D eigenvalue weighted by Crippen LogP contribution is 2.36. The number of carbonyl (C=O) groups excluding carboxylic acids is 2. The Morgan fingerprint density at radius 2 is 1.84 bits per heavy atom. The minimum absolute atomic E-state index is 0.0419. The standard InChI is InChI=1S/C28H23N7O2S/c1-3-4-27(37)32-17-7-16(10-29-11-17)21-9-19-24(14-31-21)34-35-28(19)22-8-18-20(12-30-13-23(18)33-22)26-6-5-25(38-26)15(2)36/h5-14,33H,3-4H2,1-2H3,(H,32,37)(H,34,35). The van der Waals surface area contributed by atoms with E-state index in [4.69, 9.17) is 0 Å². The number of anilines is 1. The Morgan fingerprint density at radius 1 is 0.974 bits per heavy atom. The summed E-state index contributed by atoms with van der Waals surface area (Å²) in [6.07, 6.45) is 9.93. The molecule has 38 heavy (non-hydrogen) atoms. The Balaban J connectivity index is 1.39.